The van der Waals surface area contributed by atoms with Gasteiger partial charge < -0.3 is 19.9 Å². The van der Waals surface area contributed by atoms with Crippen molar-refractivity contribution in [3.8, 4) is 5.75 Å². The van der Waals surface area contributed by atoms with E-state index in [0.29, 0.717) is 51.2 Å². The number of carbonyl (C=O) groups excluding carboxylic acids is 1. The molecule has 3 aromatic rings. The van der Waals surface area contributed by atoms with Crippen LogP contribution in [0.25, 0.3) is 10.2 Å². The van der Waals surface area contributed by atoms with E-state index in [1.54, 1.807) is 25.3 Å². The van der Waals surface area contributed by atoms with Gasteiger partial charge in [0.25, 0.3) is 11.5 Å². The van der Waals surface area contributed by atoms with E-state index in [1.165, 1.54) is 11.3 Å². The highest BCUT2D eigenvalue weighted by atomic mass is 32.1. The first-order valence-corrected chi connectivity index (χ1v) is 9.78. The first kappa shape index (κ1) is 20.0. The van der Waals surface area contributed by atoms with E-state index in [1.807, 2.05) is 25.9 Å². The van der Waals surface area contributed by atoms with Gasteiger partial charge in [-0.2, -0.15) is 0 Å². The van der Waals surface area contributed by atoms with Gasteiger partial charge in [-0.1, -0.05) is 6.92 Å². The van der Waals surface area contributed by atoms with Gasteiger partial charge >= 0.3 is 0 Å². The number of carbonyl (C=O) groups is 1. The van der Waals surface area contributed by atoms with Gasteiger partial charge in [0.05, 0.1) is 23.4 Å². The third-order valence-electron chi connectivity index (χ3n) is 3.99. The largest absolute Gasteiger partial charge is 0.490 e. The fourth-order valence-electron chi connectivity index (χ4n) is 2.76. The Morgan fingerprint density at radius 3 is 2.89 bits per heavy atom. The van der Waals surface area contributed by atoms with E-state index in [0.717, 1.165) is 6.42 Å². The van der Waals surface area contributed by atoms with Crippen LogP contribution in [0.1, 0.15) is 34.4 Å². The molecule has 0 fully saturated rings. The van der Waals surface area contributed by atoms with Gasteiger partial charge in [-0.15, -0.1) is 11.3 Å². The second-order valence-electron chi connectivity index (χ2n) is 6.64. The van der Waals surface area contributed by atoms with Gasteiger partial charge in [0.1, 0.15) is 10.7 Å². The summed E-state index contributed by atoms with van der Waals surface area (Å²) in [6.45, 7) is 4.80. The maximum atomic E-state index is 12.9. The minimum absolute atomic E-state index is 0.237. The minimum Gasteiger partial charge on any atom is -0.490 e. The van der Waals surface area contributed by atoms with Crippen molar-refractivity contribution in [3.63, 3.8) is 0 Å². The second-order valence-corrected chi connectivity index (χ2v) is 7.64. The van der Waals surface area contributed by atoms with Crippen molar-refractivity contribution in [2.24, 2.45) is 0 Å². The van der Waals surface area contributed by atoms with E-state index in [9.17, 15) is 9.59 Å². The van der Waals surface area contributed by atoms with Crippen LogP contribution in [0.3, 0.4) is 0 Å². The Kier molecular flexibility index (Phi) is 6.05. The van der Waals surface area contributed by atoms with Crippen LogP contribution in [0.15, 0.2) is 23.1 Å². The SMILES string of the molecule is CCCOc1cccnc1NC(=O)c1sc2nc(CN(C)C)[nH]c(=O)c2c1C. The number of nitrogens with zero attached hydrogens (tertiary/aromatic N) is 3. The van der Waals surface area contributed by atoms with Crippen molar-refractivity contribution in [3.05, 3.63) is 44.9 Å². The first-order valence-electron chi connectivity index (χ1n) is 8.96. The van der Waals surface area contributed by atoms with Crippen molar-refractivity contribution in [1.82, 2.24) is 19.9 Å². The number of aromatic nitrogens is 3. The number of hydrogen-bond acceptors (Lipinski definition) is 7. The van der Waals surface area contributed by atoms with E-state index in [-0.39, 0.29) is 11.5 Å². The summed E-state index contributed by atoms with van der Waals surface area (Å²) in [7, 11) is 3.79. The van der Waals surface area contributed by atoms with Crippen molar-refractivity contribution in [2.45, 2.75) is 26.8 Å². The normalized spacial score (nSPS) is 11.2. The van der Waals surface area contributed by atoms with Gasteiger partial charge in [-0.05, 0) is 45.1 Å². The summed E-state index contributed by atoms with van der Waals surface area (Å²) >= 11 is 1.20. The standard InChI is InChI=1S/C19H23N5O3S/c1-5-9-27-12-7-6-8-20-16(12)23-18(26)15-11(2)14-17(25)21-13(10-24(3)4)22-19(14)28-15/h6-8H,5,9-10H2,1-4H3,(H,20,23,26)(H,21,22,25). The fourth-order valence-corrected chi connectivity index (χ4v) is 3.85. The number of hydrogen-bond donors (Lipinski definition) is 2. The highest BCUT2D eigenvalue weighted by Gasteiger charge is 2.21. The summed E-state index contributed by atoms with van der Waals surface area (Å²) in [5, 5.41) is 3.24. The molecule has 0 aliphatic heterocycles. The predicted molar refractivity (Wildman–Crippen MR) is 110 cm³/mol. The smallest absolute Gasteiger partial charge is 0.267 e. The number of aromatic amines is 1. The summed E-state index contributed by atoms with van der Waals surface area (Å²) in [5.74, 6) is 1.10. The molecule has 148 valence electrons. The summed E-state index contributed by atoms with van der Waals surface area (Å²) in [4.78, 5) is 39.8. The highest BCUT2D eigenvalue weighted by Crippen LogP contribution is 2.29. The Morgan fingerprint density at radius 1 is 1.39 bits per heavy atom. The maximum absolute atomic E-state index is 12.9. The number of pyridine rings is 1. The summed E-state index contributed by atoms with van der Waals surface area (Å²) in [6, 6.07) is 3.51. The van der Waals surface area contributed by atoms with Crippen LogP contribution in [0.4, 0.5) is 5.82 Å². The zero-order chi connectivity index (χ0) is 20.3. The second kappa shape index (κ2) is 8.49. The number of H-pyrrole nitrogens is 1. The molecule has 0 unspecified atom stereocenters. The van der Waals surface area contributed by atoms with Crippen LogP contribution in [-0.2, 0) is 6.54 Å². The number of thiophene rings is 1. The van der Waals surface area contributed by atoms with Gasteiger partial charge in [0, 0.05) is 6.20 Å². The van der Waals surface area contributed by atoms with Gasteiger partial charge in [0.15, 0.2) is 11.6 Å². The number of fused-ring (bicyclic) bond motifs is 1. The Hall–Kier alpha value is -2.78. The monoisotopic (exact) mass is 401 g/mol. The lowest BCUT2D eigenvalue weighted by atomic mass is 10.2. The molecular formula is C19H23N5O3S. The predicted octanol–water partition coefficient (Wildman–Crippen LogP) is 2.79. The molecule has 1 amide bonds. The summed E-state index contributed by atoms with van der Waals surface area (Å²) < 4.78 is 5.64. The van der Waals surface area contributed by atoms with Gasteiger partial charge in [-0.25, -0.2) is 9.97 Å². The van der Waals surface area contributed by atoms with Crippen LogP contribution < -0.4 is 15.6 Å². The van der Waals surface area contributed by atoms with Crippen molar-refractivity contribution in [1.29, 1.82) is 0 Å². The van der Waals surface area contributed by atoms with Crippen molar-refractivity contribution < 1.29 is 9.53 Å². The van der Waals surface area contributed by atoms with Crippen LogP contribution in [0.5, 0.6) is 5.75 Å². The molecule has 8 nitrogen and oxygen atoms in total. The lowest BCUT2D eigenvalue weighted by Crippen LogP contribution is -2.18. The quantitative estimate of drug-likeness (QED) is 0.631. The molecule has 3 rings (SSSR count). The molecule has 0 aromatic carbocycles. The van der Waals surface area contributed by atoms with Crippen LogP contribution in [0, 0.1) is 6.92 Å². The molecule has 28 heavy (non-hydrogen) atoms. The van der Waals surface area contributed by atoms with Gasteiger partial charge in [-0.3, -0.25) is 9.59 Å². The molecule has 2 N–H and O–H groups in total. The highest BCUT2D eigenvalue weighted by molar-refractivity contribution is 7.20. The molecule has 0 atom stereocenters. The van der Waals surface area contributed by atoms with E-state index in [2.05, 4.69) is 20.3 Å². The average molecular weight is 401 g/mol. The zero-order valence-electron chi connectivity index (χ0n) is 16.3. The van der Waals surface area contributed by atoms with Crippen molar-refractivity contribution in [2.75, 3.05) is 26.0 Å². The average Bonchev–Trinajstić information content (AvgIpc) is 2.97. The lowest BCUT2D eigenvalue weighted by Gasteiger charge is -2.10. The Morgan fingerprint density at radius 2 is 2.18 bits per heavy atom. The third-order valence-corrected chi connectivity index (χ3v) is 5.17. The summed E-state index contributed by atoms with van der Waals surface area (Å²) in [5.41, 5.74) is 0.370. The fraction of sp³-hybridized carbons (Fsp3) is 0.368. The molecule has 0 aliphatic rings. The number of rotatable bonds is 7. The minimum atomic E-state index is -0.339. The van der Waals surface area contributed by atoms with E-state index < -0.39 is 0 Å². The number of ether oxygens (including phenoxy) is 1. The molecule has 0 bridgehead atoms. The Labute approximate surface area is 166 Å². The molecule has 3 aromatic heterocycles. The zero-order valence-corrected chi connectivity index (χ0v) is 17.1. The van der Waals surface area contributed by atoms with Gasteiger partial charge in [0.2, 0.25) is 0 Å². The molecule has 0 aliphatic carbocycles. The van der Waals surface area contributed by atoms with E-state index in [4.69, 9.17) is 4.74 Å². The van der Waals surface area contributed by atoms with E-state index >= 15 is 0 Å². The molecule has 9 heteroatoms. The molecule has 0 saturated heterocycles. The summed E-state index contributed by atoms with van der Waals surface area (Å²) in [6.07, 6.45) is 2.44. The Bertz CT molecular complexity index is 1060. The number of anilines is 1. The number of aryl methyl sites for hydroxylation is 1. The number of amides is 1. The van der Waals surface area contributed by atoms with Crippen molar-refractivity contribution >= 4 is 33.3 Å². The van der Waals surface area contributed by atoms with Crippen LogP contribution in [-0.4, -0.2) is 46.5 Å². The molecule has 0 radical (unpaired) electrons. The first-order chi connectivity index (χ1) is 13.4. The Balaban J connectivity index is 1.93. The van der Waals surface area contributed by atoms with Crippen LogP contribution >= 0.6 is 11.3 Å². The lowest BCUT2D eigenvalue weighted by molar-refractivity contribution is 0.102. The molecular weight excluding hydrogens is 378 g/mol. The number of nitrogens with one attached hydrogen (secondary N) is 2. The third kappa shape index (κ3) is 4.20. The topological polar surface area (TPSA) is 100 Å². The molecule has 3 heterocycles. The molecule has 0 spiro atoms. The van der Waals surface area contributed by atoms with Crippen LogP contribution in [0.2, 0.25) is 0 Å². The maximum Gasteiger partial charge on any atom is 0.267 e. The molecule has 0 saturated carbocycles.